The van der Waals surface area contributed by atoms with E-state index in [1.807, 2.05) is 0 Å². The zero-order valence-corrected chi connectivity index (χ0v) is 12.7. The first kappa shape index (κ1) is 15.5. The van der Waals surface area contributed by atoms with Crippen LogP contribution in [0.3, 0.4) is 0 Å². The highest BCUT2D eigenvalue weighted by Gasteiger charge is 2.16. The maximum Gasteiger partial charge on any atom is 0.335 e. The van der Waals surface area contributed by atoms with E-state index >= 15 is 0 Å². The van der Waals surface area contributed by atoms with Crippen molar-refractivity contribution in [1.29, 1.82) is 0 Å². The van der Waals surface area contributed by atoms with Crippen LogP contribution in [0.5, 0.6) is 5.88 Å². The van der Waals surface area contributed by atoms with E-state index in [0.717, 1.165) is 15.3 Å². The molecule has 0 saturated heterocycles. The molecule has 0 saturated carbocycles. The quantitative estimate of drug-likeness (QED) is 0.234. The number of nitrogens with one attached hydrogen (secondary N) is 2. The molecule has 114 valence electrons. The summed E-state index contributed by atoms with van der Waals surface area (Å²) in [4.78, 5) is 25.8. The van der Waals surface area contributed by atoms with Crippen molar-refractivity contribution < 1.29 is 10.2 Å². The third-order valence-corrected chi connectivity index (χ3v) is 3.14. The van der Waals surface area contributed by atoms with Gasteiger partial charge in [0.05, 0.1) is 5.69 Å². The molecule has 22 heavy (non-hydrogen) atoms. The Morgan fingerprint density at radius 3 is 2.55 bits per heavy atom. The molecular formula is C12H12BrN6O3+. The average molecular weight is 368 g/mol. The van der Waals surface area contributed by atoms with Gasteiger partial charge < -0.3 is 16.6 Å². The van der Waals surface area contributed by atoms with E-state index in [2.05, 4.69) is 31.1 Å². The second-order valence-corrected chi connectivity index (χ2v) is 5.03. The van der Waals surface area contributed by atoms with Crippen LogP contribution in [-0.4, -0.2) is 26.8 Å². The molecule has 10 heteroatoms. The minimum atomic E-state index is -0.783. The zero-order chi connectivity index (χ0) is 16.3. The second-order valence-electron chi connectivity index (χ2n) is 4.12. The fourth-order valence-electron chi connectivity index (χ4n) is 1.67. The van der Waals surface area contributed by atoms with Crippen LogP contribution in [0, 0.1) is 0 Å². The Hall–Kier alpha value is -2.88. The minimum absolute atomic E-state index is 0.201. The SMILES string of the molecule is NC(N)=N/[NH+]=C/c1c(O)n(-c2ccc(Br)cc2)c(=O)[nH]c1=O. The first-order valence-corrected chi connectivity index (χ1v) is 6.71. The Morgan fingerprint density at radius 1 is 1.32 bits per heavy atom. The van der Waals surface area contributed by atoms with Gasteiger partial charge in [-0.1, -0.05) is 15.9 Å². The molecule has 2 aromatic rings. The maximum atomic E-state index is 11.9. The van der Waals surface area contributed by atoms with Gasteiger partial charge in [-0.05, 0) is 24.3 Å². The number of halogens is 1. The summed E-state index contributed by atoms with van der Waals surface area (Å²) >= 11 is 3.27. The highest BCUT2D eigenvalue weighted by molar-refractivity contribution is 9.10. The number of hydrogen-bond acceptors (Lipinski definition) is 4. The number of hydrazone groups is 1. The number of H-pyrrole nitrogens is 1. The fourth-order valence-corrected chi connectivity index (χ4v) is 1.93. The predicted molar refractivity (Wildman–Crippen MR) is 84.0 cm³/mol. The van der Waals surface area contributed by atoms with E-state index in [9.17, 15) is 14.7 Å². The van der Waals surface area contributed by atoms with Gasteiger partial charge in [-0.15, -0.1) is 5.10 Å². The number of nitrogens with two attached hydrogens (primary N) is 2. The molecule has 2 rings (SSSR count). The number of benzene rings is 1. The van der Waals surface area contributed by atoms with Crippen molar-refractivity contribution in [2.24, 2.45) is 16.6 Å². The van der Waals surface area contributed by atoms with Crippen LogP contribution >= 0.6 is 15.9 Å². The second kappa shape index (κ2) is 6.26. The average Bonchev–Trinajstić information content (AvgIpc) is 2.44. The smallest absolute Gasteiger partial charge is 0.335 e. The number of hydrogen-bond donors (Lipinski definition) is 5. The van der Waals surface area contributed by atoms with Crippen molar-refractivity contribution >= 4 is 28.1 Å². The van der Waals surface area contributed by atoms with E-state index in [4.69, 9.17) is 11.5 Å². The molecule has 0 unspecified atom stereocenters. The van der Waals surface area contributed by atoms with E-state index in [-0.39, 0.29) is 11.5 Å². The van der Waals surface area contributed by atoms with Crippen LogP contribution in [0.4, 0.5) is 0 Å². The van der Waals surface area contributed by atoms with Gasteiger partial charge in [-0.25, -0.2) is 9.36 Å². The topological polar surface area (TPSA) is 153 Å². The van der Waals surface area contributed by atoms with Crippen LogP contribution in [-0.2, 0) is 0 Å². The first-order chi connectivity index (χ1) is 10.4. The predicted octanol–water partition coefficient (Wildman–Crippen LogP) is -2.32. The summed E-state index contributed by atoms with van der Waals surface area (Å²) in [7, 11) is 0. The summed E-state index contributed by atoms with van der Waals surface area (Å²) in [5, 5.41) is 15.9. The minimum Gasteiger partial charge on any atom is -0.493 e. The van der Waals surface area contributed by atoms with E-state index in [1.54, 1.807) is 24.3 Å². The van der Waals surface area contributed by atoms with Gasteiger partial charge in [-0.3, -0.25) is 9.78 Å². The summed E-state index contributed by atoms with van der Waals surface area (Å²) in [5.74, 6) is -0.803. The Morgan fingerprint density at radius 2 is 1.95 bits per heavy atom. The molecule has 0 amide bonds. The molecule has 0 bridgehead atoms. The summed E-state index contributed by atoms with van der Waals surface area (Å²) in [6.07, 6.45) is 1.07. The molecule has 1 aromatic carbocycles. The molecule has 0 aliphatic rings. The molecule has 0 aliphatic heterocycles. The molecule has 0 fully saturated rings. The number of aromatic nitrogens is 2. The van der Waals surface area contributed by atoms with Gasteiger partial charge in [-0.2, -0.15) is 0 Å². The largest absolute Gasteiger partial charge is 0.493 e. The summed E-state index contributed by atoms with van der Waals surface area (Å²) < 4.78 is 1.74. The lowest BCUT2D eigenvalue weighted by molar-refractivity contribution is -0.456. The van der Waals surface area contributed by atoms with Crippen LogP contribution in [0.25, 0.3) is 5.69 Å². The maximum absolute atomic E-state index is 11.9. The molecule has 0 radical (unpaired) electrons. The van der Waals surface area contributed by atoms with Gasteiger partial charge in [0.1, 0.15) is 0 Å². The Kier molecular flexibility index (Phi) is 4.41. The van der Waals surface area contributed by atoms with Crippen LogP contribution in [0.2, 0.25) is 0 Å². The highest BCUT2D eigenvalue weighted by atomic mass is 79.9. The van der Waals surface area contributed by atoms with Crippen LogP contribution in [0.15, 0.2) is 43.4 Å². The van der Waals surface area contributed by atoms with Crippen molar-refractivity contribution in [2.75, 3.05) is 0 Å². The summed E-state index contributed by atoms with van der Waals surface area (Å²) in [6, 6.07) is 6.56. The lowest BCUT2D eigenvalue weighted by Gasteiger charge is -2.08. The number of aromatic hydroxyl groups is 1. The van der Waals surface area contributed by atoms with E-state index in [1.165, 1.54) is 0 Å². The highest BCUT2D eigenvalue weighted by Crippen LogP contribution is 2.17. The van der Waals surface area contributed by atoms with Gasteiger partial charge in [0.2, 0.25) is 12.1 Å². The standard InChI is InChI=1S/C12H11BrN6O3/c13-6-1-3-7(4-2-6)19-10(21)8(5-16-18-11(14)15)9(20)17-12(19)22/h1-5,21H,(H4,14,15,18)(H,17,20,22)/p+1/b16-5+. The molecule has 7 N–H and O–H groups in total. The van der Waals surface area contributed by atoms with Crippen LogP contribution < -0.4 is 27.8 Å². The number of aromatic amines is 1. The first-order valence-electron chi connectivity index (χ1n) is 5.91. The van der Waals surface area contributed by atoms with Crippen molar-refractivity contribution in [3.8, 4) is 11.6 Å². The Bertz CT molecular complexity index is 862. The van der Waals surface area contributed by atoms with Crippen LogP contribution in [0.1, 0.15) is 5.56 Å². The van der Waals surface area contributed by atoms with Crippen molar-refractivity contribution in [1.82, 2.24) is 9.55 Å². The molecule has 0 atom stereocenters. The zero-order valence-electron chi connectivity index (χ0n) is 11.1. The van der Waals surface area contributed by atoms with Gasteiger partial charge >= 0.3 is 5.69 Å². The third-order valence-electron chi connectivity index (χ3n) is 2.61. The molecule has 0 spiro atoms. The molecule has 1 heterocycles. The monoisotopic (exact) mass is 367 g/mol. The number of guanidine groups is 1. The van der Waals surface area contributed by atoms with E-state index in [0.29, 0.717) is 5.69 Å². The molecule has 0 aliphatic carbocycles. The summed E-state index contributed by atoms with van der Waals surface area (Å²) in [6.45, 7) is 0. The van der Waals surface area contributed by atoms with Crippen molar-refractivity contribution in [3.05, 3.63) is 55.1 Å². The molecule has 9 nitrogen and oxygen atoms in total. The van der Waals surface area contributed by atoms with Gasteiger partial charge in [0, 0.05) is 9.57 Å². The van der Waals surface area contributed by atoms with Crippen molar-refractivity contribution in [2.45, 2.75) is 0 Å². The van der Waals surface area contributed by atoms with Crippen molar-refractivity contribution in [3.63, 3.8) is 0 Å². The van der Waals surface area contributed by atoms with Gasteiger partial charge in [0.15, 0.2) is 5.56 Å². The molecular weight excluding hydrogens is 356 g/mol. The summed E-state index contributed by atoms with van der Waals surface area (Å²) in [5.41, 5.74) is 8.87. The Balaban J connectivity index is 2.64. The lowest BCUT2D eigenvalue weighted by Crippen LogP contribution is -2.64. The molecule has 1 aromatic heterocycles. The number of rotatable bonds is 3. The fraction of sp³-hybridized carbons (Fsp3) is 0. The Labute approximate surface area is 131 Å². The third kappa shape index (κ3) is 3.23. The van der Waals surface area contributed by atoms with E-state index < -0.39 is 17.1 Å². The normalized spacial score (nSPS) is 10.8. The van der Waals surface area contributed by atoms with Gasteiger partial charge in [0.25, 0.3) is 11.5 Å². The number of nitrogens with zero attached hydrogens (tertiary/aromatic N) is 2. The lowest BCUT2D eigenvalue weighted by atomic mass is 10.3.